The molecule has 0 aromatic carbocycles. The molecule has 2 unspecified atom stereocenters. The molecule has 0 aliphatic rings. The number of hydrogen-bond donors (Lipinski definition) is 0. The van der Waals surface area contributed by atoms with Crippen molar-refractivity contribution in [2.45, 2.75) is 187 Å². The molecular weight excluding hydrogens is 701 g/mol. The number of esters is 2. The summed E-state index contributed by atoms with van der Waals surface area (Å²) in [7, 11) is 1.15. The zero-order valence-electron chi connectivity index (χ0n) is 35.4. The number of hydrogen-bond acceptors (Lipinski definition) is 8. The van der Waals surface area contributed by atoms with Crippen LogP contribution in [-0.4, -0.2) is 70.0 Å². The van der Waals surface area contributed by atoms with Crippen LogP contribution in [0.5, 0.6) is 0 Å². The van der Waals surface area contributed by atoms with Gasteiger partial charge >= 0.3 is 11.9 Å². The van der Waals surface area contributed by atoms with Gasteiger partial charge in [-0.15, -0.1) is 0 Å². The molecule has 0 spiro atoms. The van der Waals surface area contributed by atoms with Gasteiger partial charge in [-0.05, 0) is 51.4 Å². The van der Waals surface area contributed by atoms with E-state index in [1.54, 1.807) is 0 Å². The number of unbranched alkanes of at least 4 members (excludes halogenated alkanes) is 19. The number of allylic oxidation sites excluding steroid dienone is 6. The van der Waals surface area contributed by atoms with E-state index in [0.717, 1.165) is 57.8 Å². The van der Waals surface area contributed by atoms with E-state index in [0.29, 0.717) is 17.4 Å². The van der Waals surface area contributed by atoms with E-state index < -0.39 is 26.5 Å². The number of rotatable bonds is 39. The predicted octanol–water partition coefficient (Wildman–Crippen LogP) is 11.5. The highest BCUT2D eigenvalue weighted by Gasteiger charge is 2.21. The van der Waals surface area contributed by atoms with E-state index in [1.165, 1.54) is 89.9 Å². The van der Waals surface area contributed by atoms with Crippen LogP contribution in [0.15, 0.2) is 36.5 Å². The van der Waals surface area contributed by atoms with E-state index in [9.17, 15) is 19.0 Å². The lowest BCUT2D eigenvalue weighted by atomic mass is 10.0. The highest BCUT2D eigenvalue weighted by molar-refractivity contribution is 7.45. The number of nitrogens with zero attached hydrogens (tertiary/aromatic N) is 1. The van der Waals surface area contributed by atoms with Gasteiger partial charge in [0.15, 0.2) is 6.10 Å². The number of carbonyl (C=O) groups is 2. The summed E-state index contributed by atoms with van der Waals surface area (Å²) in [4.78, 5) is 37.5. The molecule has 54 heavy (non-hydrogen) atoms. The molecule has 10 heteroatoms. The largest absolute Gasteiger partial charge is 0.756 e. The number of carbonyl (C=O) groups excluding carboxylic acids is 2. The van der Waals surface area contributed by atoms with Crippen LogP contribution >= 0.6 is 7.82 Å². The second kappa shape index (κ2) is 36.8. The van der Waals surface area contributed by atoms with Crippen LogP contribution in [0.4, 0.5) is 0 Å². The average Bonchev–Trinajstić information content (AvgIpc) is 3.12. The molecule has 0 rings (SSSR count). The highest BCUT2D eigenvalue weighted by atomic mass is 31.2. The standard InChI is InChI=1S/C44H82NO8P/c1-6-8-10-12-14-16-18-20-21-22-23-25-27-29-31-33-35-37-44(47)53-42(41-52-54(48,49)51-39-38-45(3,4)5)40-50-43(46)36-34-32-30-28-26-24-19-17-15-13-11-9-7-2/h14,16,20-21,23,25,42H,6-13,15,17-19,22,24,26-41H2,1-5H3/b16-14+,21-20+,25-23+. The van der Waals surface area contributed by atoms with Crippen molar-refractivity contribution in [2.75, 3.05) is 47.5 Å². The Morgan fingerprint density at radius 3 is 1.52 bits per heavy atom. The third-order valence-corrected chi connectivity index (χ3v) is 10.1. The number of phosphoric acid groups is 1. The molecule has 0 fully saturated rings. The van der Waals surface area contributed by atoms with E-state index in [4.69, 9.17) is 18.5 Å². The number of quaternary nitrogens is 1. The Labute approximate surface area is 331 Å². The van der Waals surface area contributed by atoms with Crippen molar-refractivity contribution in [3.63, 3.8) is 0 Å². The molecule has 9 nitrogen and oxygen atoms in total. The minimum Gasteiger partial charge on any atom is -0.756 e. The Morgan fingerprint density at radius 1 is 0.574 bits per heavy atom. The number of ether oxygens (including phenoxy) is 2. The number of likely N-dealkylation sites (N-methyl/N-ethyl adjacent to an activating group) is 1. The third-order valence-electron chi connectivity index (χ3n) is 9.16. The zero-order valence-corrected chi connectivity index (χ0v) is 36.3. The van der Waals surface area contributed by atoms with Gasteiger partial charge in [0.2, 0.25) is 0 Å². The highest BCUT2D eigenvalue weighted by Crippen LogP contribution is 2.38. The molecule has 0 saturated carbocycles. The molecule has 0 aliphatic heterocycles. The van der Waals surface area contributed by atoms with E-state index >= 15 is 0 Å². The summed E-state index contributed by atoms with van der Waals surface area (Å²) >= 11 is 0. The van der Waals surface area contributed by atoms with E-state index in [2.05, 4.69) is 50.3 Å². The van der Waals surface area contributed by atoms with Gasteiger partial charge < -0.3 is 27.9 Å². The molecule has 0 aromatic heterocycles. The van der Waals surface area contributed by atoms with Gasteiger partial charge in [0.1, 0.15) is 19.8 Å². The van der Waals surface area contributed by atoms with Crippen LogP contribution in [0.3, 0.4) is 0 Å². The van der Waals surface area contributed by atoms with Gasteiger partial charge in [0.25, 0.3) is 7.82 Å². The second-order valence-corrected chi connectivity index (χ2v) is 17.1. The van der Waals surface area contributed by atoms with Gasteiger partial charge in [0.05, 0.1) is 27.7 Å². The maximum absolute atomic E-state index is 12.7. The third kappa shape index (κ3) is 39.9. The first-order chi connectivity index (χ1) is 26.0. The predicted molar refractivity (Wildman–Crippen MR) is 222 cm³/mol. The molecule has 0 radical (unpaired) electrons. The first-order valence-electron chi connectivity index (χ1n) is 21.7. The van der Waals surface area contributed by atoms with Gasteiger partial charge in [-0.2, -0.15) is 0 Å². The minimum atomic E-state index is -4.63. The van der Waals surface area contributed by atoms with E-state index in [1.807, 2.05) is 21.1 Å². The van der Waals surface area contributed by atoms with Gasteiger partial charge in [-0.25, -0.2) is 0 Å². The average molecular weight is 784 g/mol. The summed E-state index contributed by atoms with van der Waals surface area (Å²) in [6.45, 7) is 4.17. The fraction of sp³-hybridized carbons (Fsp3) is 0.818. The van der Waals surface area contributed by atoms with Crippen LogP contribution in [0.2, 0.25) is 0 Å². The summed E-state index contributed by atoms with van der Waals surface area (Å²) in [6, 6.07) is 0. The van der Waals surface area contributed by atoms with Crippen LogP contribution in [0, 0.1) is 0 Å². The van der Waals surface area contributed by atoms with Crippen LogP contribution in [-0.2, 0) is 32.7 Å². The molecule has 0 amide bonds. The Hall–Kier alpha value is -1.77. The quantitative estimate of drug-likeness (QED) is 0.0199. The van der Waals surface area contributed by atoms with Crippen molar-refractivity contribution in [1.82, 2.24) is 0 Å². The first kappa shape index (κ1) is 52.2. The monoisotopic (exact) mass is 784 g/mol. The van der Waals surface area contributed by atoms with Gasteiger partial charge in [-0.1, -0.05) is 153 Å². The second-order valence-electron chi connectivity index (χ2n) is 15.7. The van der Waals surface area contributed by atoms with Crippen LogP contribution < -0.4 is 4.89 Å². The van der Waals surface area contributed by atoms with E-state index in [-0.39, 0.29) is 32.0 Å². The lowest BCUT2D eigenvalue weighted by molar-refractivity contribution is -0.870. The minimum absolute atomic E-state index is 0.0349. The van der Waals surface area contributed by atoms with Crippen molar-refractivity contribution in [3.8, 4) is 0 Å². The Balaban J connectivity index is 4.41. The smallest absolute Gasteiger partial charge is 0.306 e. The maximum Gasteiger partial charge on any atom is 0.306 e. The lowest BCUT2D eigenvalue weighted by Gasteiger charge is -2.28. The fourth-order valence-corrected chi connectivity index (χ4v) is 6.45. The first-order valence-corrected chi connectivity index (χ1v) is 23.2. The molecule has 0 N–H and O–H groups in total. The molecule has 0 aliphatic carbocycles. The van der Waals surface area contributed by atoms with Crippen molar-refractivity contribution in [3.05, 3.63) is 36.5 Å². The molecule has 0 bridgehead atoms. The summed E-state index contributed by atoms with van der Waals surface area (Å²) in [5.74, 6) is -0.857. The van der Waals surface area contributed by atoms with Crippen LogP contribution in [0.1, 0.15) is 181 Å². The molecule has 316 valence electrons. The zero-order chi connectivity index (χ0) is 40.0. The Morgan fingerprint density at radius 2 is 1.00 bits per heavy atom. The SMILES string of the molecule is CCCCC/C=C/C/C=C/C/C=C/CCCCCCC(=O)OC(COC(=O)CCCCCCCCCCCCCCC)COP(=O)([O-])OCC[N+](C)(C)C. The summed E-state index contributed by atoms with van der Waals surface area (Å²) in [5, 5.41) is 0. The Bertz CT molecular complexity index is 1020. The normalized spacial score (nSPS) is 14.0. The molecule has 0 aromatic rings. The fourth-order valence-electron chi connectivity index (χ4n) is 5.72. The van der Waals surface area contributed by atoms with Gasteiger partial charge in [-0.3, -0.25) is 14.2 Å². The molecular formula is C44H82NO8P. The molecule has 2 atom stereocenters. The van der Waals surface area contributed by atoms with Crippen molar-refractivity contribution in [1.29, 1.82) is 0 Å². The summed E-state index contributed by atoms with van der Waals surface area (Å²) in [6.07, 6.45) is 40.2. The van der Waals surface area contributed by atoms with Crippen molar-refractivity contribution < 1.29 is 42.1 Å². The Kier molecular flexibility index (Phi) is 35.6. The summed E-state index contributed by atoms with van der Waals surface area (Å²) < 4.78 is 33.8. The van der Waals surface area contributed by atoms with Gasteiger partial charge in [0, 0.05) is 12.8 Å². The van der Waals surface area contributed by atoms with Crippen molar-refractivity contribution in [2.24, 2.45) is 0 Å². The molecule has 0 heterocycles. The summed E-state index contributed by atoms with van der Waals surface area (Å²) in [5.41, 5.74) is 0. The van der Waals surface area contributed by atoms with Crippen LogP contribution in [0.25, 0.3) is 0 Å². The molecule has 0 saturated heterocycles. The maximum atomic E-state index is 12.7. The lowest BCUT2D eigenvalue weighted by Crippen LogP contribution is -2.37. The van der Waals surface area contributed by atoms with Crippen molar-refractivity contribution >= 4 is 19.8 Å². The number of phosphoric ester groups is 1. The topological polar surface area (TPSA) is 111 Å².